The molecule has 1 atom stereocenters. The molecule has 1 aromatic carbocycles. The van der Waals surface area contributed by atoms with Crippen LogP contribution in [0.2, 0.25) is 0 Å². The Morgan fingerprint density at radius 1 is 1.26 bits per heavy atom. The van der Waals surface area contributed by atoms with Crippen molar-refractivity contribution in [2.24, 2.45) is 16.6 Å². The molecule has 0 radical (unpaired) electrons. The zero-order valence-electron chi connectivity index (χ0n) is 14.9. The molecule has 23 heavy (non-hydrogen) atoms. The highest BCUT2D eigenvalue weighted by Gasteiger charge is 2.13. The number of nitrogens with zero attached hydrogens (tertiary/aromatic N) is 2. The Hall–Kier alpha value is -1.02. The van der Waals surface area contributed by atoms with Crippen LogP contribution in [0.5, 0.6) is 5.75 Å². The molecule has 0 saturated carbocycles. The van der Waals surface area contributed by atoms with Crippen LogP contribution in [0.1, 0.15) is 31.9 Å². The third kappa shape index (κ3) is 8.41. The second-order valence-electron chi connectivity index (χ2n) is 6.09. The van der Waals surface area contributed by atoms with Gasteiger partial charge in [0.25, 0.3) is 0 Å². The number of halogens is 1. The molecule has 1 unspecified atom stereocenters. The van der Waals surface area contributed by atoms with E-state index in [1.807, 2.05) is 26.2 Å². The van der Waals surface area contributed by atoms with Crippen LogP contribution in [-0.2, 0) is 0 Å². The van der Waals surface area contributed by atoms with Gasteiger partial charge in [0.1, 0.15) is 5.75 Å². The van der Waals surface area contributed by atoms with Crippen LogP contribution in [0.4, 0.5) is 0 Å². The van der Waals surface area contributed by atoms with E-state index in [2.05, 4.69) is 41.2 Å². The van der Waals surface area contributed by atoms with Crippen molar-refractivity contribution < 1.29 is 4.74 Å². The van der Waals surface area contributed by atoms with Gasteiger partial charge in [0, 0.05) is 6.54 Å². The summed E-state index contributed by atoms with van der Waals surface area (Å²) >= 11 is 0. The Morgan fingerprint density at radius 2 is 1.87 bits per heavy atom. The molecule has 3 N–H and O–H groups in total. The molecule has 0 fully saturated rings. The average molecular weight is 434 g/mol. The number of ether oxygens (including phenoxy) is 1. The van der Waals surface area contributed by atoms with Crippen molar-refractivity contribution in [3.8, 4) is 5.75 Å². The number of hydrogen-bond acceptors (Lipinski definition) is 3. The Bertz CT molecular complexity index is 460. The van der Waals surface area contributed by atoms with E-state index in [9.17, 15) is 0 Å². The standard InChI is InChI=1S/C17H30N4O.HI/c1-13(2)10-11-19-17(18)20-12-16(21(3)4)14-6-8-15(22-5)9-7-14;/h6-9,13,16H,10-12H2,1-5H3,(H3,18,19,20);1H. The number of aliphatic imine (C=N–C) groups is 1. The molecular formula is C17H31IN4O. The summed E-state index contributed by atoms with van der Waals surface area (Å²) in [5.74, 6) is 2.04. The van der Waals surface area contributed by atoms with Crippen LogP contribution in [0, 0.1) is 5.92 Å². The Kier molecular flexibility index (Phi) is 11.0. The lowest BCUT2D eigenvalue weighted by molar-refractivity contribution is 0.306. The minimum atomic E-state index is 0. The summed E-state index contributed by atoms with van der Waals surface area (Å²) in [6.45, 7) is 5.88. The second kappa shape index (κ2) is 11.5. The van der Waals surface area contributed by atoms with Crippen LogP contribution in [0.3, 0.4) is 0 Å². The first-order valence-electron chi connectivity index (χ1n) is 7.78. The van der Waals surface area contributed by atoms with Gasteiger partial charge in [0.05, 0.1) is 19.7 Å². The normalized spacial score (nSPS) is 12.9. The third-order valence-corrected chi connectivity index (χ3v) is 3.59. The first kappa shape index (κ1) is 22.0. The molecule has 0 aliphatic carbocycles. The van der Waals surface area contributed by atoms with E-state index in [-0.39, 0.29) is 30.0 Å². The van der Waals surface area contributed by atoms with E-state index in [1.165, 1.54) is 5.56 Å². The van der Waals surface area contributed by atoms with Gasteiger partial charge in [-0.05, 0) is 44.1 Å². The number of nitrogens with one attached hydrogen (secondary N) is 1. The molecule has 6 heteroatoms. The molecule has 0 aliphatic heterocycles. The summed E-state index contributed by atoms with van der Waals surface area (Å²) < 4.78 is 5.20. The summed E-state index contributed by atoms with van der Waals surface area (Å²) in [5, 5.41) is 3.17. The second-order valence-corrected chi connectivity index (χ2v) is 6.09. The third-order valence-electron chi connectivity index (χ3n) is 3.59. The van der Waals surface area contributed by atoms with E-state index < -0.39 is 0 Å². The molecule has 0 heterocycles. The average Bonchev–Trinajstić information content (AvgIpc) is 2.47. The predicted molar refractivity (Wildman–Crippen MR) is 109 cm³/mol. The van der Waals surface area contributed by atoms with Crippen molar-refractivity contribution in [1.82, 2.24) is 10.2 Å². The van der Waals surface area contributed by atoms with Gasteiger partial charge in [-0.3, -0.25) is 4.99 Å². The number of methoxy groups -OCH3 is 1. The van der Waals surface area contributed by atoms with Crippen LogP contribution < -0.4 is 15.8 Å². The summed E-state index contributed by atoms with van der Waals surface area (Å²) in [6.07, 6.45) is 1.09. The molecule has 5 nitrogen and oxygen atoms in total. The van der Waals surface area contributed by atoms with E-state index >= 15 is 0 Å². The van der Waals surface area contributed by atoms with Gasteiger partial charge in [0.15, 0.2) is 5.96 Å². The zero-order chi connectivity index (χ0) is 16.5. The maximum Gasteiger partial charge on any atom is 0.188 e. The molecule has 0 aliphatic rings. The van der Waals surface area contributed by atoms with Crippen molar-refractivity contribution in [1.29, 1.82) is 0 Å². The van der Waals surface area contributed by atoms with Gasteiger partial charge in [-0.25, -0.2) is 0 Å². The van der Waals surface area contributed by atoms with Crippen molar-refractivity contribution in [2.75, 3.05) is 34.3 Å². The molecule has 0 amide bonds. The fraction of sp³-hybridized carbons (Fsp3) is 0.588. The molecule has 0 bridgehead atoms. The van der Waals surface area contributed by atoms with Gasteiger partial charge in [-0.1, -0.05) is 26.0 Å². The van der Waals surface area contributed by atoms with E-state index in [0.717, 1.165) is 18.7 Å². The van der Waals surface area contributed by atoms with Crippen molar-refractivity contribution in [3.05, 3.63) is 29.8 Å². The number of rotatable bonds is 8. The van der Waals surface area contributed by atoms with Crippen LogP contribution in [-0.4, -0.2) is 45.2 Å². The quantitative estimate of drug-likeness (QED) is 0.375. The number of hydrogen-bond donors (Lipinski definition) is 2. The molecule has 1 rings (SSSR count). The topological polar surface area (TPSA) is 62.9 Å². The van der Waals surface area contributed by atoms with Gasteiger partial charge < -0.3 is 20.7 Å². The molecule has 0 saturated heterocycles. The molecular weight excluding hydrogens is 403 g/mol. The van der Waals surface area contributed by atoms with Crippen LogP contribution in [0.15, 0.2) is 29.3 Å². The molecule has 132 valence electrons. The van der Waals surface area contributed by atoms with E-state index in [1.54, 1.807) is 7.11 Å². The highest BCUT2D eigenvalue weighted by molar-refractivity contribution is 14.0. The number of nitrogens with two attached hydrogens (primary N) is 1. The zero-order valence-corrected chi connectivity index (χ0v) is 17.2. The van der Waals surface area contributed by atoms with Gasteiger partial charge >= 0.3 is 0 Å². The highest BCUT2D eigenvalue weighted by atomic mass is 127. The fourth-order valence-corrected chi connectivity index (χ4v) is 2.12. The fourth-order valence-electron chi connectivity index (χ4n) is 2.12. The first-order chi connectivity index (χ1) is 10.4. The number of likely N-dealkylation sites (N-methyl/N-ethyl adjacent to an activating group) is 1. The van der Waals surface area contributed by atoms with Crippen molar-refractivity contribution in [3.63, 3.8) is 0 Å². The molecule has 0 spiro atoms. The minimum Gasteiger partial charge on any atom is -0.497 e. The largest absolute Gasteiger partial charge is 0.497 e. The smallest absolute Gasteiger partial charge is 0.188 e. The highest BCUT2D eigenvalue weighted by Crippen LogP contribution is 2.21. The number of benzene rings is 1. The maximum atomic E-state index is 5.93. The van der Waals surface area contributed by atoms with Crippen molar-refractivity contribution in [2.45, 2.75) is 26.3 Å². The van der Waals surface area contributed by atoms with Gasteiger partial charge in [0.2, 0.25) is 0 Å². The lowest BCUT2D eigenvalue weighted by Gasteiger charge is -2.23. The minimum absolute atomic E-state index is 0. The number of guanidine groups is 1. The van der Waals surface area contributed by atoms with Crippen LogP contribution in [0.25, 0.3) is 0 Å². The first-order valence-corrected chi connectivity index (χ1v) is 7.78. The summed E-state index contributed by atoms with van der Waals surface area (Å²) in [7, 11) is 5.77. The lowest BCUT2D eigenvalue weighted by atomic mass is 10.1. The summed E-state index contributed by atoms with van der Waals surface area (Å²) in [6, 6.07) is 8.28. The maximum absolute atomic E-state index is 5.93. The SMILES string of the molecule is COc1ccc(C(CN=C(N)NCCC(C)C)N(C)C)cc1.I. The summed E-state index contributed by atoms with van der Waals surface area (Å²) in [4.78, 5) is 6.62. The Balaban J connectivity index is 0.00000484. The van der Waals surface area contributed by atoms with Crippen molar-refractivity contribution >= 4 is 29.9 Å². The van der Waals surface area contributed by atoms with Gasteiger partial charge in [-0.15, -0.1) is 24.0 Å². The van der Waals surface area contributed by atoms with E-state index in [0.29, 0.717) is 18.4 Å². The predicted octanol–water partition coefficient (Wildman–Crippen LogP) is 2.87. The molecule has 0 aromatic heterocycles. The van der Waals surface area contributed by atoms with Gasteiger partial charge in [-0.2, -0.15) is 0 Å². The molecule has 1 aromatic rings. The Morgan fingerprint density at radius 3 is 2.35 bits per heavy atom. The van der Waals surface area contributed by atoms with E-state index in [4.69, 9.17) is 10.5 Å². The van der Waals surface area contributed by atoms with Crippen LogP contribution >= 0.6 is 24.0 Å². The Labute approximate surface area is 157 Å². The lowest BCUT2D eigenvalue weighted by Crippen LogP contribution is -2.34. The summed E-state index contributed by atoms with van der Waals surface area (Å²) in [5.41, 5.74) is 7.13. The monoisotopic (exact) mass is 434 g/mol.